The number of carboxylic acids is 1. The van der Waals surface area contributed by atoms with Crippen LogP contribution in [0.15, 0.2) is 24.3 Å². The fourth-order valence-electron chi connectivity index (χ4n) is 2.22. The monoisotopic (exact) mass is 279 g/mol. The second-order valence-electron chi connectivity index (χ2n) is 4.77. The van der Waals surface area contributed by atoms with Gasteiger partial charge in [-0.25, -0.2) is 4.79 Å². The van der Waals surface area contributed by atoms with E-state index in [1.165, 1.54) is 12.8 Å². The Balaban J connectivity index is 2.37. The number of halogens is 1. The van der Waals surface area contributed by atoms with Crippen LogP contribution in [0.25, 0.3) is 6.08 Å². The first-order valence-electron chi connectivity index (χ1n) is 6.59. The second-order valence-corrected chi connectivity index (χ2v) is 5.18. The third kappa shape index (κ3) is 3.51. The molecule has 1 saturated carbocycles. The molecule has 0 heterocycles. The summed E-state index contributed by atoms with van der Waals surface area (Å²) < 4.78 is 0. The Morgan fingerprint density at radius 1 is 1.53 bits per heavy atom. The van der Waals surface area contributed by atoms with Crippen LogP contribution in [0.1, 0.15) is 31.7 Å². The van der Waals surface area contributed by atoms with E-state index in [1.807, 2.05) is 12.1 Å². The van der Waals surface area contributed by atoms with Crippen LogP contribution in [0.3, 0.4) is 0 Å². The SMILES string of the molecule is CCCN(c1cccc(Cl)c1/C=C/C(=O)O)C1CC1. The van der Waals surface area contributed by atoms with Gasteiger partial charge in [0, 0.05) is 34.9 Å². The lowest BCUT2D eigenvalue weighted by molar-refractivity contribution is -0.131. The van der Waals surface area contributed by atoms with E-state index in [1.54, 1.807) is 12.1 Å². The summed E-state index contributed by atoms with van der Waals surface area (Å²) in [5.74, 6) is -0.959. The lowest BCUT2D eigenvalue weighted by Crippen LogP contribution is -2.27. The summed E-state index contributed by atoms with van der Waals surface area (Å²) in [6.07, 6.45) is 6.20. The number of benzene rings is 1. The Labute approximate surface area is 118 Å². The van der Waals surface area contributed by atoms with E-state index in [2.05, 4.69) is 11.8 Å². The molecule has 1 N–H and O–H groups in total. The van der Waals surface area contributed by atoms with E-state index in [0.717, 1.165) is 30.3 Å². The molecule has 1 fully saturated rings. The highest BCUT2D eigenvalue weighted by Gasteiger charge is 2.29. The molecule has 0 aromatic heterocycles. The highest BCUT2D eigenvalue weighted by atomic mass is 35.5. The Hall–Kier alpha value is -1.48. The van der Waals surface area contributed by atoms with Gasteiger partial charge in [-0.2, -0.15) is 0 Å². The van der Waals surface area contributed by atoms with E-state index >= 15 is 0 Å². The van der Waals surface area contributed by atoms with Crippen molar-refractivity contribution in [3.63, 3.8) is 0 Å². The van der Waals surface area contributed by atoms with Crippen LogP contribution in [-0.2, 0) is 4.79 Å². The smallest absolute Gasteiger partial charge is 0.328 e. The molecule has 0 aliphatic heterocycles. The number of hydrogen-bond acceptors (Lipinski definition) is 2. The lowest BCUT2D eigenvalue weighted by atomic mass is 10.1. The van der Waals surface area contributed by atoms with Crippen LogP contribution in [0.5, 0.6) is 0 Å². The van der Waals surface area contributed by atoms with E-state index in [4.69, 9.17) is 16.7 Å². The molecule has 0 amide bonds. The van der Waals surface area contributed by atoms with Crippen LogP contribution in [-0.4, -0.2) is 23.7 Å². The van der Waals surface area contributed by atoms with Crippen molar-refractivity contribution in [2.75, 3.05) is 11.4 Å². The summed E-state index contributed by atoms with van der Waals surface area (Å²) in [7, 11) is 0. The Bertz CT molecular complexity index is 495. The molecule has 1 aromatic rings. The molecule has 4 heteroatoms. The highest BCUT2D eigenvalue weighted by molar-refractivity contribution is 6.32. The minimum absolute atomic E-state index is 0.579. The number of anilines is 1. The van der Waals surface area contributed by atoms with Gasteiger partial charge in [0.05, 0.1) is 0 Å². The number of nitrogens with zero attached hydrogens (tertiary/aromatic N) is 1. The summed E-state index contributed by atoms with van der Waals surface area (Å²) in [6.45, 7) is 3.12. The topological polar surface area (TPSA) is 40.5 Å². The maximum Gasteiger partial charge on any atom is 0.328 e. The van der Waals surface area contributed by atoms with Gasteiger partial charge >= 0.3 is 5.97 Å². The largest absolute Gasteiger partial charge is 0.478 e. The molecule has 0 spiro atoms. The zero-order chi connectivity index (χ0) is 13.8. The van der Waals surface area contributed by atoms with E-state index < -0.39 is 5.97 Å². The van der Waals surface area contributed by atoms with Crippen molar-refractivity contribution in [1.29, 1.82) is 0 Å². The van der Waals surface area contributed by atoms with Crippen molar-refractivity contribution in [2.24, 2.45) is 0 Å². The van der Waals surface area contributed by atoms with Gasteiger partial charge in [-0.3, -0.25) is 0 Å². The Morgan fingerprint density at radius 2 is 2.26 bits per heavy atom. The first-order chi connectivity index (χ1) is 9.13. The summed E-state index contributed by atoms with van der Waals surface area (Å²) in [5, 5.41) is 9.37. The Kier molecular flexibility index (Phi) is 4.48. The van der Waals surface area contributed by atoms with Crippen LogP contribution in [0.2, 0.25) is 5.02 Å². The average molecular weight is 280 g/mol. The maximum atomic E-state index is 10.7. The lowest BCUT2D eigenvalue weighted by Gasteiger charge is -2.26. The van der Waals surface area contributed by atoms with Gasteiger partial charge in [0.25, 0.3) is 0 Å². The minimum atomic E-state index is -0.959. The molecular formula is C15H18ClNO2. The molecule has 0 radical (unpaired) electrons. The summed E-state index contributed by atoms with van der Waals surface area (Å²) in [4.78, 5) is 13.0. The van der Waals surface area contributed by atoms with Crippen molar-refractivity contribution in [3.8, 4) is 0 Å². The van der Waals surface area contributed by atoms with Gasteiger partial charge in [-0.05, 0) is 37.5 Å². The van der Waals surface area contributed by atoms with Gasteiger partial charge in [0.2, 0.25) is 0 Å². The van der Waals surface area contributed by atoms with Crippen LogP contribution >= 0.6 is 11.6 Å². The normalized spacial score (nSPS) is 14.8. The first kappa shape index (κ1) is 13.9. The van der Waals surface area contributed by atoms with Crippen LogP contribution in [0, 0.1) is 0 Å². The highest BCUT2D eigenvalue weighted by Crippen LogP contribution is 2.36. The van der Waals surface area contributed by atoms with Crippen molar-refractivity contribution < 1.29 is 9.90 Å². The minimum Gasteiger partial charge on any atom is -0.478 e. The summed E-state index contributed by atoms with van der Waals surface area (Å²) in [6, 6.07) is 6.31. The molecule has 19 heavy (non-hydrogen) atoms. The third-order valence-corrected chi connectivity index (χ3v) is 3.51. The molecule has 0 unspecified atom stereocenters. The quantitative estimate of drug-likeness (QED) is 0.805. The second kappa shape index (κ2) is 6.11. The fraction of sp³-hybridized carbons (Fsp3) is 0.400. The zero-order valence-corrected chi connectivity index (χ0v) is 11.7. The Morgan fingerprint density at radius 3 is 2.84 bits per heavy atom. The van der Waals surface area contributed by atoms with Crippen molar-refractivity contribution >= 4 is 29.3 Å². The number of hydrogen-bond donors (Lipinski definition) is 1. The molecule has 102 valence electrons. The van der Waals surface area contributed by atoms with Gasteiger partial charge < -0.3 is 10.0 Å². The molecule has 0 bridgehead atoms. The molecule has 0 saturated heterocycles. The third-order valence-electron chi connectivity index (χ3n) is 3.18. The molecule has 1 aliphatic carbocycles. The van der Waals surface area contributed by atoms with E-state index in [0.29, 0.717) is 11.1 Å². The average Bonchev–Trinajstić information content (AvgIpc) is 3.18. The molecule has 2 rings (SSSR count). The standard InChI is InChI=1S/C15H18ClNO2/c1-2-10-17(11-6-7-11)14-5-3-4-13(16)12(14)8-9-15(18)19/h3-5,8-9,11H,2,6-7,10H2,1H3,(H,18,19)/b9-8+. The molecular weight excluding hydrogens is 262 g/mol. The summed E-state index contributed by atoms with van der Waals surface area (Å²) in [5.41, 5.74) is 1.83. The van der Waals surface area contributed by atoms with E-state index in [-0.39, 0.29) is 0 Å². The molecule has 1 aliphatic rings. The first-order valence-corrected chi connectivity index (χ1v) is 6.97. The molecule has 3 nitrogen and oxygen atoms in total. The van der Waals surface area contributed by atoms with Gasteiger partial charge in [0.15, 0.2) is 0 Å². The van der Waals surface area contributed by atoms with Crippen molar-refractivity contribution in [1.82, 2.24) is 0 Å². The van der Waals surface area contributed by atoms with Crippen molar-refractivity contribution in [3.05, 3.63) is 34.9 Å². The van der Waals surface area contributed by atoms with Gasteiger partial charge in [-0.1, -0.05) is 24.6 Å². The number of rotatable bonds is 6. The van der Waals surface area contributed by atoms with Crippen LogP contribution in [0.4, 0.5) is 5.69 Å². The predicted octanol–water partition coefficient (Wildman–Crippen LogP) is 3.82. The van der Waals surface area contributed by atoms with E-state index in [9.17, 15) is 4.79 Å². The van der Waals surface area contributed by atoms with Gasteiger partial charge in [0.1, 0.15) is 0 Å². The van der Waals surface area contributed by atoms with Crippen molar-refractivity contribution in [2.45, 2.75) is 32.2 Å². The number of carbonyl (C=O) groups is 1. The number of aliphatic carboxylic acids is 1. The van der Waals surface area contributed by atoms with Crippen LogP contribution < -0.4 is 4.90 Å². The molecule has 1 aromatic carbocycles. The fourth-order valence-corrected chi connectivity index (χ4v) is 2.46. The maximum absolute atomic E-state index is 10.7. The molecule has 0 atom stereocenters. The summed E-state index contributed by atoms with van der Waals surface area (Å²) >= 11 is 6.21. The zero-order valence-electron chi connectivity index (χ0n) is 11.0. The predicted molar refractivity (Wildman–Crippen MR) is 78.8 cm³/mol. The van der Waals surface area contributed by atoms with Gasteiger partial charge in [-0.15, -0.1) is 0 Å². The number of carboxylic acid groups (broad SMARTS) is 1.